The van der Waals surface area contributed by atoms with Crippen molar-refractivity contribution in [3.63, 3.8) is 0 Å². The van der Waals surface area contributed by atoms with E-state index in [4.69, 9.17) is 5.73 Å². The van der Waals surface area contributed by atoms with Crippen molar-refractivity contribution in [3.05, 3.63) is 0 Å². The summed E-state index contributed by atoms with van der Waals surface area (Å²) >= 11 is 0. The number of nitrogens with two attached hydrogens (primary N) is 1. The number of hydrogen-bond acceptors (Lipinski definition) is 2. The van der Waals surface area contributed by atoms with Gasteiger partial charge in [0.2, 0.25) is 0 Å². The molecule has 0 aromatic rings. The molecular formula is C17H34N2. The summed E-state index contributed by atoms with van der Waals surface area (Å²) in [4.78, 5) is 2.75. The lowest BCUT2D eigenvalue weighted by Gasteiger charge is -2.53. The lowest BCUT2D eigenvalue weighted by molar-refractivity contribution is -0.0165. The van der Waals surface area contributed by atoms with Crippen molar-refractivity contribution in [2.24, 2.45) is 16.6 Å². The molecule has 0 aromatic carbocycles. The van der Waals surface area contributed by atoms with Gasteiger partial charge in [0.1, 0.15) is 0 Å². The van der Waals surface area contributed by atoms with E-state index in [1.165, 1.54) is 58.0 Å². The molecule has 0 amide bonds. The zero-order valence-corrected chi connectivity index (χ0v) is 13.6. The number of hydrogen-bond donors (Lipinski definition) is 1. The minimum absolute atomic E-state index is 0.324. The van der Waals surface area contributed by atoms with Crippen molar-refractivity contribution < 1.29 is 0 Å². The Balaban J connectivity index is 2.00. The Kier molecular flexibility index (Phi) is 4.32. The van der Waals surface area contributed by atoms with Crippen molar-refractivity contribution in [1.82, 2.24) is 4.90 Å². The van der Waals surface area contributed by atoms with Gasteiger partial charge < -0.3 is 5.73 Å². The fourth-order valence-electron chi connectivity index (χ4n) is 3.92. The molecule has 1 heterocycles. The van der Waals surface area contributed by atoms with Gasteiger partial charge in [0.15, 0.2) is 0 Å². The Hall–Kier alpha value is -0.0800. The normalized spacial score (nSPS) is 30.2. The highest BCUT2D eigenvalue weighted by atomic mass is 15.2. The van der Waals surface area contributed by atoms with Crippen LogP contribution in [0.3, 0.4) is 0 Å². The molecule has 0 atom stereocenters. The molecule has 1 aliphatic carbocycles. The minimum atomic E-state index is 0.324. The fraction of sp³-hybridized carbons (Fsp3) is 1.00. The van der Waals surface area contributed by atoms with Crippen LogP contribution in [0.4, 0.5) is 0 Å². The molecule has 1 saturated carbocycles. The molecule has 0 aromatic heterocycles. The third kappa shape index (κ3) is 3.16. The van der Waals surface area contributed by atoms with Crippen molar-refractivity contribution in [2.45, 2.75) is 78.2 Å². The first kappa shape index (κ1) is 15.3. The van der Waals surface area contributed by atoms with E-state index < -0.39 is 0 Å². The maximum Gasteiger partial charge on any atom is 0.0332 e. The monoisotopic (exact) mass is 266 g/mol. The summed E-state index contributed by atoms with van der Waals surface area (Å²) < 4.78 is 0. The number of rotatable bonds is 3. The van der Waals surface area contributed by atoms with Crippen molar-refractivity contribution in [2.75, 3.05) is 19.6 Å². The molecule has 19 heavy (non-hydrogen) atoms. The third-order valence-electron chi connectivity index (χ3n) is 6.41. The van der Waals surface area contributed by atoms with Crippen LogP contribution in [0.5, 0.6) is 0 Å². The summed E-state index contributed by atoms with van der Waals surface area (Å²) in [7, 11) is 0. The van der Waals surface area contributed by atoms with E-state index in [9.17, 15) is 0 Å². The first-order valence-electron chi connectivity index (χ1n) is 8.30. The van der Waals surface area contributed by atoms with Crippen LogP contribution in [-0.2, 0) is 0 Å². The highest BCUT2D eigenvalue weighted by molar-refractivity contribution is 5.00. The fourth-order valence-corrected chi connectivity index (χ4v) is 3.92. The Labute approximate surface area is 120 Å². The molecule has 2 heteroatoms. The molecule has 2 rings (SSSR count). The Morgan fingerprint density at radius 1 is 0.895 bits per heavy atom. The van der Waals surface area contributed by atoms with E-state index in [1.807, 2.05) is 0 Å². The summed E-state index contributed by atoms with van der Waals surface area (Å²) in [5, 5.41) is 0. The summed E-state index contributed by atoms with van der Waals surface area (Å²) in [5.41, 5.74) is 7.66. The maximum atomic E-state index is 6.22. The van der Waals surface area contributed by atoms with E-state index in [0.29, 0.717) is 16.4 Å². The van der Waals surface area contributed by atoms with Gasteiger partial charge in [-0.05, 0) is 62.4 Å². The summed E-state index contributed by atoms with van der Waals surface area (Å²) in [6, 6.07) is 0. The second-order valence-electron chi connectivity index (χ2n) is 8.24. The SMILES string of the molecule is CCC1(C)CCN(C2(CN)CCC(C)(C)CC2)CC1. The highest BCUT2D eigenvalue weighted by Gasteiger charge is 2.43. The van der Waals surface area contributed by atoms with Crippen LogP contribution in [0.2, 0.25) is 0 Å². The molecule has 1 saturated heterocycles. The molecule has 2 aliphatic rings. The zero-order valence-electron chi connectivity index (χ0n) is 13.6. The second-order valence-corrected chi connectivity index (χ2v) is 8.24. The van der Waals surface area contributed by atoms with Crippen LogP contribution >= 0.6 is 0 Å². The summed E-state index contributed by atoms with van der Waals surface area (Å²) in [6.07, 6.45) is 9.32. The van der Waals surface area contributed by atoms with Crippen molar-refractivity contribution >= 4 is 0 Å². The average Bonchev–Trinajstić information content (AvgIpc) is 2.41. The summed E-state index contributed by atoms with van der Waals surface area (Å²) in [5.74, 6) is 0. The third-order valence-corrected chi connectivity index (χ3v) is 6.41. The number of nitrogens with zero attached hydrogens (tertiary/aromatic N) is 1. The molecule has 0 radical (unpaired) electrons. The van der Waals surface area contributed by atoms with E-state index in [0.717, 1.165) is 6.54 Å². The van der Waals surface area contributed by atoms with Gasteiger partial charge in [-0.25, -0.2) is 0 Å². The van der Waals surface area contributed by atoms with Crippen molar-refractivity contribution in [1.29, 1.82) is 0 Å². The molecule has 2 nitrogen and oxygen atoms in total. The Morgan fingerprint density at radius 3 is 1.84 bits per heavy atom. The van der Waals surface area contributed by atoms with Crippen molar-refractivity contribution in [3.8, 4) is 0 Å². The van der Waals surface area contributed by atoms with Gasteiger partial charge in [-0.3, -0.25) is 4.90 Å². The lowest BCUT2D eigenvalue weighted by atomic mass is 9.67. The van der Waals surface area contributed by atoms with Gasteiger partial charge in [-0.2, -0.15) is 0 Å². The first-order chi connectivity index (χ1) is 8.85. The summed E-state index contributed by atoms with van der Waals surface area (Å²) in [6.45, 7) is 13.0. The minimum Gasteiger partial charge on any atom is -0.329 e. The molecule has 112 valence electrons. The average molecular weight is 266 g/mol. The molecule has 0 unspecified atom stereocenters. The predicted octanol–water partition coefficient (Wildman–Crippen LogP) is 3.80. The topological polar surface area (TPSA) is 29.3 Å². The highest BCUT2D eigenvalue weighted by Crippen LogP contribution is 2.45. The van der Waals surface area contributed by atoms with Crippen LogP contribution in [-0.4, -0.2) is 30.1 Å². The molecule has 2 N–H and O–H groups in total. The number of likely N-dealkylation sites (tertiary alicyclic amines) is 1. The van der Waals surface area contributed by atoms with Gasteiger partial charge in [0, 0.05) is 12.1 Å². The smallest absolute Gasteiger partial charge is 0.0332 e. The van der Waals surface area contributed by atoms with Crippen LogP contribution < -0.4 is 5.73 Å². The molecule has 2 fully saturated rings. The Morgan fingerprint density at radius 2 is 1.42 bits per heavy atom. The first-order valence-corrected chi connectivity index (χ1v) is 8.30. The molecule has 1 aliphatic heterocycles. The Bertz CT molecular complexity index is 290. The van der Waals surface area contributed by atoms with Crippen LogP contribution in [0, 0.1) is 10.8 Å². The van der Waals surface area contributed by atoms with E-state index in [1.54, 1.807) is 0 Å². The lowest BCUT2D eigenvalue weighted by Crippen LogP contribution is -2.59. The second kappa shape index (κ2) is 5.37. The molecule has 0 bridgehead atoms. The largest absolute Gasteiger partial charge is 0.329 e. The van der Waals surface area contributed by atoms with Gasteiger partial charge in [0.25, 0.3) is 0 Å². The standard InChI is InChI=1S/C17H34N2/c1-5-16(4)10-12-19(13-11-16)17(14-18)8-6-15(2,3)7-9-17/h5-14,18H2,1-4H3. The van der Waals surface area contributed by atoms with Gasteiger partial charge in [-0.1, -0.05) is 34.1 Å². The molecule has 0 spiro atoms. The van der Waals surface area contributed by atoms with E-state index in [2.05, 4.69) is 32.6 Å². The van der Waals surface area contributed by atoms with Crippen LogP contribution in [0.25, 0.3) is 0 Å². The van der Waals surface area contributed by atoms with Crippen LogP contribution in [0.1, 0.15) is 72.6 Å². The maximum absolute atomic E-state index is 6.22. The van der Waals surface area contributed by atoms with Gasteiger partial charge >= 0.3 is 0 Å². The van der Waals surface area contributed by atoms with Gasteiger partial charge in [0.05, 0.1) is 0 Å². The number of piperidine rings is 1. The van der Waals surface area contributed by atoms with Crippen LogP contribution in [0.15, 0.2) is 0 Å². The van der Waals surface area contributed by atoms with E-state index >= 15 is 0 Å². The zero-order chi connectivity index (χ0) is 14.1. The quantitative estimate of drug-likeness (QED) is 0.842. The molecular weight excluding hydrogens is 232 g/mol. The predicted molar refractivity (Wildman–Crippen MR) is 83.2 cm³/mol. The van der Waals surface area contributed by atoms with Gasteiger partial charge in [-0.15, -0.1) is 0 Å². The van der Waals surface area contributed by atoms with E-state index in [-0.39, 0.29) is 0 Å².